The van der Waals surface area contributed by atoms with E-state index >= 15 is 0 Å². The van der Waals surface area contributed by atoms with Crippen LogP contribution in [0.25, 0.3) is 39.3 Å². The number of fused-ring (bicyclic) bond motifs is 3. The van der Waals surface area contributed by atoms with E-state index in [0.29, 0.717) is 23.9 Å². The van der Waals surface area contributed by atoms with Crippen LogP contribution in [-0.4, -0.2) is 15.0 Å². The molecule has 0 bridgehead atoms. The number of rotatable bonds is 8. The van der Waals surface area contributed by atoms with Crippen LogP contribution in [0, 0.1) is 0 Å². The first kappa shape index (κ1) is 33.4. The van der Waals surface area contributed by atoms with Crippen molar-refractivity contribution in [1.82, 2.24) is 15.0 Å². The lowest BCUT2D eigenvalue weighted by Gasteiger charge is -2.37. The Morgan fingerprint density at radius 2 is 0.911 bits per heavy atom. The smallest absolute Gasteiger partial charge is 0.163 e. The van der Waals surface area contributed by atoms with Crippen molar-refractivity contribution in [3.8, 4) is 22.8 Å². The molecule has 1 atom stereocenters. The monoisotopic (exact) mass is 719 g/mol. The van der Waals surface area contributed by atoms with E-state index in [-0.39, 0.29) is 5.92 Å². The molecule has 1 aliphatic rings. The summed E-state index contributed by atoms with van der Waals surface area (Å²) in [6.45, 7) is 0. The average molecular weight is 720 g/mol. The van der Waals surface area contributed by atoms with E-state index in [1.807, 2.05) is 42.5 Å². The quantitative estimate of drug-likeness (QED) is 0.147. The fraction of sp³-hybridized carbons (Fsp3) is 0.0577. The topological polar surface area (TPSA) is 51.8 Å². The van der Waals surface area contributed by atoms with Crippen molar-refractivity contribution in [2.24, 2.45) is 0 Å². The van der Waals surface area contributed by atoms with Crippen LogP contribution in [-0.2, 0) is 11.8 Å². The lowest BCUT2D eigenvalue weighted by molar-refractivity contribution is 0.526. The van der Waals surface area contributed by atoms with Gasteiger partial charge in [0.2, 0.25) is 0 Å². The maximum atomic E-state index is 6.72. The van der Waals surface area contributed by atoms with Gasteiger partial charge in [0.25, 0.3) is 0 Å². The highest BCUT2D eigenvalue weighted by molar-refractivity contribution is 5.98. The van der Waals surface area contributed by atoms with Crippen LogP contribution in [0.4, 0.5) is 0 Å². The van der Waals surface area contributed by atoms with Crippen molar-refractivity contribution < 1.29 is 4.42 Å². The summed E-state index contributed by atoms with van der Waals surface area (Å²) in [5.74, 6) is 2.78. The first-order chi connectivity index (χ1) is 27.8. The summed E-state index contributed by atoms with van der Waals surface area (Å²) in [7, 11) is 0. The van der Waals surface area contributed by atoms with E-state index in [9.17, 15) is 0 Å². The zero-order chi connectivity index (χ0) is 37.3. The van der Waals surface area contributed by atoms with Crippen molar-refractivity contribution >= 4 is 16.5 Å². The molecule has 4 heteroatoms. The predicted molar refractivity (Wildman–Crippen MR) is 225 cm³/mol. The number of furan rings is 1. The van der Waals surface area contributed by atoms with E-state index < -0.39 is 5.41 Å². The van der Waals surface area contributed by atoms with E-state index in [1.165, 1.54) is 22.3 Å². The second-order valence-electron chi connectivity index (χ2n) is 14.3. The van der Waals surface area contributed by atoms with Gasteiger partial charge in [0.15, 0.2) is 11.6 Å². The molecule has 2 heterocycles. The standard InChI is InChI=1S/C52H37N3O/c1-6-19-36(20-7-1)49-53-50(37-21-8-2-9-22-37)55-51(54-49)39-34-45(48-44-31-16-17-32-46(44)56-47(48)35-39)38-23-18-30-43(33-38)52(40-24-10-3-11-25-40,41-26-12-4-13-27-41)42-28-14-5-15-29-42/h1-34,39H,35H2. The zero-order valence-corrected chi connectivity index (χ0v) is 30.7. The Kier molecular flexibility index (Phi) is 8.49. The molecule has 0 radical (unpaired) electrons. The van der Waals surface area contributed by atoms with Gasteiger partial charge in [0, 0.05) is 34.4 Å². The Hall–Kier alpha value is -7.17. The largest absolute Gasteiger partial charge is 0.460 e. The fourth-order valence-corrected chi connectivity index (χ4v) is 8.46. The van der Waals surface area contributed by atoms with Gasteiger partial charge in [-0.05, 0) is 45.5 Å². The lowest BCUT2D eigenvalue weighted by Crippen LogP contribution is -2.31. The number of benzene rings is 7. The van der Waals surface area contributed by atoms with Crippen LogP contribution in [0.2, 0.25) is 0 Å². The van der Waals surface area contributed by atoms with Crippen LogP contribution in [0.3, 0.4) is 0 Å². The van der Waals surface area contributed by atoms with Gasteiger partial charge in [-0.25, -0.2) is 15.0 Å². The van der Waals surface area contributed by atoms with Crippen LogP contribution in [0.15, 0.2) is 211 Å². The molecule has 2 aromatic heterocycles. The van der Waals surface area contributed by atoms with Gasteiger partial charge in [-0.3, -0.25) is 0 Å². The van der Waals surface area contributed by atoms with Crippen molar-refractivity contribution in [3.63, 3.8) is 0 Å². The molecule has 266 valence electrons. The molecule has 1 unspecified atom stereocenters. The van der Waals surface area contributed by atoms with E-state index in [1.54, 1.807) is 0 Å². The molecule has 4 nitrogen and oxygen atoms in total. The molecule has 0 saturated carbocycles. The molecule has 7 aromatic carbocycles. The Balaban J connectivity index is 1.20. The molecule has 0 aliphatic heterocycles. The van der Waals surface area contributed by atoms with E-state index in [2.05, 4.69) is 164 Å². The van der Waals surface area contributed by atoms with Crippen molar-refractivity contribution in [3.05, 3.63) is 251 Å². The Morgan fingerprint density at radius 3 is 1.46 bits per heavy atom. The van der Waals surface area contributed by atoms with Gasteiger partial charge in [-0.1, -0.05) is 194 Å². The minimum atomic E-state index is -0.584. The predicted octanol–water partition coefficient (Wildman–Crippen LogP) is 12.1. The molecular formula is C52H37N3O. The summed E-state index contributed by atoms with van der Waals surface area (Å²) < 4.78 is 6.72. The summed E-state index contributed by atoms with van der Waals surface area (Å²) in [6.07, 6.45) is 2.99. The molecule has 56 heavy (non-hydrogen) atoms. The summed E-state index contributed by atoms with van der Waals surface area (Å²) in [4.78, 5) is 15.3. The highest BCUT2D eigenvalue weighted by atomic mass is 16.3. The third-order valence-corrected chi connectivity index (χ3v) is 11.0. The molecule has 10 rings (SSSR count). The summed E-state index contributed by atoms with van der Waals surface area (Å²) in [5.41, 5.74) is 10.3. The van der Waals surface area contributed by atoms with E-state index in [4.69, 9.17) is 19.4 Å². The normalized spacial score (nSPS) is 13.9. The average Bonchev–Trinajstić information content (AvgIpc) is 3.67. The Morgan fingerprint density at radius 1 is 0.446 bits per heavy atom. The lowest BCUT2D eigenvalue weighted by atomic mass is 9.64. The Bertz CT molecular complexity index is 2660. The van der Waals surface area contributed by atoms with Crippen molar-refractivity contribution in [1.29, 1.82) is 0 Å². The zero-order valence-electron chi connectivity index (χ0n) is 30.7. The number of para-hydroxylation sites is 1. The number of allylic oxidation sites excluding steroid dienone is 1. The molecular weight excluding hydrogens is 683 g/mol. The van der Waals surface area contributed by atoms with Gasteiger partial charge in [0.05, 0.1) is 5.41 Å². The molecule has 9 aromatic rings. The van der Waals surface area contributed by atoms with E-state index in [0.717, 1.165) is 44.6 Å². The minimum absolute atomic E-state index is 0.170. The second-order valence-corrected chi connectivity index (χ2v) is 14.3. The second kappa shape index (κ2) is 14.2. The molecule has 0 amide bonds. The van der Waals surface area contributed by atoms with Crippen molar-refractivity contribution in [2.75, 3.05) is 0 Å². The SMILES string of the molecule is C1=C(c2cccc(C(c3ccccc3)(c3ccccc3)c3ccccc3)c2)c2c(oc3ccccc23)CC1c1nc(-c2ccccc2)nc(-c2ccccc2)n1. The maximum absolute atomic E-state index is 6.72. The summed E-state index contributed by atoms with van der Waals surface area (Å²) in [6, 6.07) is 70.4. The molecule has 0 N–H and O–H groups in total. The van der Waals surface area contributed by atoms with Gasteiger partial charge in [0.1, 0.15) is 17.2 Å². The molecule has 0 spiro atoms. The van der Waals surface area contributed by atoms with Gasteiger partial charge < -0.3 is 4.42 Å². The molecule has 1 aliphatic carbocycles. The third kappa shape index (κ3) is 5.84. The number of hydrogen-bond donors (Lipinski definition) is 0. The number of aromatic nitrogens is 3. The maximum Gasteiger partial charge on any atom is 0.163 e. The van der Waals surface area contributed by atoms with Crippen LogP contribution in [0.5, 0.6) is 0 Å². The minimum Gasteiger partial charge on any atom is -0.460 e. The van der Waals surface area contributed by atoms with Crippen LogP contribution in [0.1, 0.15) is 50.9 Å². The van der Waals surface area contributed by atoms with Crippen molar-refractivity contribution in [2.45, 2.75) is 17.8 Å². The molecule has 0 saturated heterocycles. The van der Waals surface area contributed by atoms with Gasteiger partial charge in [-0.15, -0.1) is 0 Å². The fourth-order valence-electron chi connectivity index (χ4n) is 8.46. The van der Waals surface area contributed by atoms with Crippen LogP contribution < -0.4 is 0 Å². The van der Waals surface area contributed by atoms with Crippen LogP contribution >= 0.6 is 0 Å². The summed E-state index contributed by atoms with van der Waals surface area (Å²) >= 11 is 0. The summed E-state index contributed by atoms with van der Waals surface area (Å²) in [5, 5.41) is 1.10. The molecule has 0 fully saturated rings. The number of nitrogens with zero attached hydrogens (tertiary/aromatic N) is 3. The van der Waals surface area contributed by atoms with Gasteiger partial charge in [-0.2, -0.15) is 0 Å². The first-order valence-corrected chi connectivity index (χ1v) is 19.1. The highest BCUT2D eigenvalue weighted by Gasteiger charge is 2.39. The highest BCUT2D eigenvalue weighted by Crippen LogP contribution is 2.48. The van der Waals surface area contributed by atoms with Gasteiger partial charge >= 0.3 is 0 Å². The third-order valence-electron chi connectivity index (χ3n) is 11.0. The number of hydrogen-bond acceptors (Lipinski definition) is 4. The first-order valence-electron chi connectivity index (χ1n) is 19.1. The Labute approximate surface area is 326 Å².